The summed E-state index contributed by atoms with van der Waals surface area (Å²) in [5.41, 5.74) is 1.59. The minimum Gasteiger partial charge on any atom is -0.458 e. The lowest BCUT2D eigenvalue weighted by atomic mass is 10.2. The largest absolute Gasteiger partial charge is 0.458 e. The minimum atomic E-state index is -1.22. The van der Waals surface area contributed by atoms with Gasteiger partial charge in [0, 0.05) is 5.57 Å². The maximum atomic E-state index is 10.5. The Labute approximate surface area is 147 Å². The molecule has 0 aliphatic carbocycles. The van der Waals surface area contributed by atoms with Crippen molar-refractivity contribution in [1.29, 1.82) is 0 Å². The number of carbonyl (C=O) groups is 3. The molecule has 1 aromatic carbocycles. The quantitative estimate of drug-likeness (QED) is 0.390. The maximum absolute atomic E-state index is 10.5. The molecule has 1 saturated heterocycles. The zero-order valence-electron chi connectivity index (χ0n) is 14.1. The first-order valence-electron chi connectivity index (χ1n) is 7.35. The van der Waals surface area contributed by atoms with Gasteiger partial charge < -0.3 is 14.6 Å². The summed E-state index contributed by atoms with van der Waals surface area (Å²) in [4.78, 5) is 30.7. The van der Waals surface area contributed by atoms with E-state index in [9.17, 15) is 14.4 Å². The molecule has 1 aromatic rings. The third-order valence-corrected chi connectivity index (χ3v) is 2.56. The summed E-state index contributed by atoms with van der Waals surface area (Å²) in [6.07, 6.45) is 1.93. The molecule has 1 aliphatic rings. The summed E-state index contributed by atoms with van der Waals surface area (Å²) in [6.45, 7) is 12.3. The van der Waals surface area contributed by atoms with E-state index in [2.05, 4.69) is 29.2 Å². The van der Waals surface area contributed by atoms with E-state index < -0.39 is 18.0 Å². The summed E-state index contributed by atoms with van der Waals surface area (Å²) in [5, 5.41) is 8.47. The van der Waals surface area contributed by atoms with E-state index >= 15 is 0 Å². The number of aliphatic hydroxyl groups is 1. The molecular weight excluding hydrogens is 324 g/mol. The third-order valence-electron chi connectivity index (χ3n) is 2.56. The molecule has 6 nitrogen and oxygen atoms in total. The first kappa shape index (κ1) is 22.0. The number of aliphatic hydroxyl groups excluding tert-OH is 1. The van der Waals surface area contributed by atoms with Gasteiger partial charge >= 0.3 is 17.9 Å². The van der Waals surface area contributed by atoms with Crippen LogP contribution in [0.25, 0.3) is 6.08 Å². The Hall–Kier alpha value is -2.99. The molecule has 0 aromatic heterocycles. The van der Waals surface area contributed by atoms with Crippen LogP contribution in [-0.2, 0) is 23.9 Å². The number of rotatable bonds is 4. The van der Waals surface area contributed by atoms with Crippen LogP contribution < -0.4 is 0 Å². The van der Waals surface area contributed by atoms with E-state index in [-0.39, 0.29) is 19.0 Å². The molecule has 2 rings (SSSR count). The van der Waals surface area contributed by atoms with Gasteiger partial charge in [0.15, 0.2) is 6.10 Å². The Morgan fingerprint density at radius 3 is 2.20 bits per heavy atom. The van der Waals surface area contributed by atoms with Crippen molar-refractivity contribution in [2.75, 3.05) is 6.61 Å². The predicted molar refractivity (Wildman–Crippen MR) is 94.2 cm³/mol. The van der Waals surface area contributed by atoms with Crippen LogP contribution in [0.15, 0.2) is 61.7 Å². The van der Waals surface area contributed by atoms with Crippen molar-refractivity contribution in [3.05, 3.63) is 67.3 Å². The SMILES string of the molecule is C=CCOC(=O)C(=C)C.C=Cc1ccccc1.O=C1CC(O)C(=O)O1. The van der Waals surface area contributed by atoms with Gasteiger partial charge in [0.2, 0.25) is 0 Å². The zero-order valence-corrected chi connectivity index (χ0v) is 14.1. The lowest BCUT2D eigenvalue weighted by Gasteiger charge is -1.97. The fourth-order valence-electron chi connectivity index (χ4n) is 1.31. The van der Waals surface area contributed by atoms with Gasteiger partial charge in [-0.2, -0.15) is 0 Å². The van der Waals surface area contributed by atoms with E-state index in [1.807, 2.05) is 36.4 Å². The van der Waals surface area contributed by atoms with Crippen LogP contribution in [-0.4, -0.2) is 35.7 Å². The van der Waals surface area contributed by atoms with Gasteiger partial charge in [0.25, 0.3) is 0 Å². The predicted octanol–water partition coefficient (Wildman–Crippen LogP) is 2.44. The van der Waals surface area contributed by atoms with Gasteiger partial charge in [0.1, 0.15) is 6.61 Å². The molecule has 1 unspecified atom stereocenters. The lowest BCUT2D eigenvalue weighted by molar-refractivity contribution is -0.154. The van der Waals surface area contributed by atoms with Crippen LogP contribution in [0.5, 0.6) is 0 Å². The summed E-state index contributed by atoms with van der Waals surface area (Å²) in [6, 6.07) is 10.0. The molecule has 6 heteroatoms. The topological polar surface area (TPSA) is 89.9 Å². The standard InChI is InChI=1S/C8H8.C7H10O2.C4H4O4/c1-2-8-6-4-3-5-7-8;1-4-5-9-7(8)6(2)3;5-2-1-3(6)8-4(2)7/h2-7H,1H2;4H,1-2,5H2,3H3;2,5H,1H2. The molecule has 1 heterocycles. The van der Waals surface area contributed by atoms with Crippen LogP contribution in [0.4, 0.5) is 0 Å². The molecule has 1 N–H and O–H groups in total. The van der Waals surface area contributed by atoms with Crippen molar-refractivity contribution >= 4 is 24.0 Å². The average molecular weight is 346 g/mol. The highest BCUT2D eigenvalue weighted by Gasteiger charge is 2.30. The summed E-state index contributed by atoms with van der Waals surface area (Å²) < 4.78 is 8.54. The Morgan fingerprint density at radius 2 is 1.92 bits per heavy atom. The molecular formula is C19H22O6. The summed E-state index contributed by atoms with van der Waals surface area (Å²) in [7, 11) is 0. The number of benzene rings is 1. The molecule has 0 radical (unpaired) electrons. The van der Waals surface area contributed by atoms with Crippen LogP contribution in [0.3, 0.4) is 0 Å². The van der Waals surface area contributed by atoms with Gasteiger partial charge in [0.05, 0.1) is 6.42 Å². The highest BCUT2D eigenvalue weighted by molar-refractivity contribution is 5.95. The van der Waals surface area contributed by atoms with Gasteiger partial charge in [-0.3, -0.25) is 4.79 Å². The Kier molecular flexibility index (Phi) is 10.9. The third kappa shape index (κ3) is 10.4. The Morgan fingerprint density at radius 1 is 1.32 bits per heavy atom. The van der Waals surface area contributed by atoms with Crippen LogP contribution in [0, 0.1) is 0 Å². The average Bonchev–Trinajstić information content (AvgIpc) is 2.90. The second-order valence-electron chi connectivity index (χ2n) is 4.80. The van der Waals surface area contributed by atoms with Crippen LogP contribution in [0.1, 0.15) is 18.9 Å². The molecule has 134 valence electrons. The van der Waals surface area contributed by atoms with Crippen molar-refractivity contribution in [3.63, 3.8) is 0 Å². The number of ether oxygens (including phenoxy) is 2. The molecule has 25 heavy (non-hydrogen) atoms. The van der Waals surface area contributed by atoms with Gasteiger partial charge in [-0.1, -0.05) is 62.2 Å². The van der Waals surface area contributed by atoms with Crippen LogP contribution >= 0.6 is 0 Å². The molecule has 0 spiro atoms. The molecule has 1 aliphatic heterocycles. The van der Waals surface area contributed by atoms with Crippen molar-refractivity contribution in [2.45, 2.75) is 19.4 Å². The first-order valence-corrected chi connectivity index (χ1v) is 7.35. The van der Waals surface area contributed by atoms with E-state index in [4.69, 9.17) is 5.11 Å². The zero-order chi connectivity index (χ0) is 19.2. The Bertz CT molecular complexity index is 618. The van der Waals surface area contributed by atoms with E-state index in [1.165, 1.54) is 11.6 Å². The van der Waals surface area contributed by atoms with Crippen LogP contribution in [0.2, 0.25) is 0 Å². The fourth-order valence-corrected chi connectivity index (χ4v) is 1.31. The number of hydrogen-bond donors (Lipinski definition) is 1. The smallest absolute Gasteiger partial charge is 0.343 e. The van der Waals surface area contributed by atoms with Crippen molar-refractivity contribution in [3.8, 4) is 0 Å². The summed E-state index contributed by atoms with van der Waals surface area (Å²) >= 11 is 0. The number of hydrogen-bond acceptors (Lipinski definition) is 6. The second kappa shape index (κ2) is 12.4. The maximum Gasteiger partial charge on any atom is 0.343 e. The monoisotopic (exact) mass is 346 g/mol. The highest BCUT2D eigenvalue weighted by atomic mass is 16.6. The molecule has 0 saturated carbocycles. The first-order chi connectivity index (χ1) is 11.8. The number of carbonyl (C=O) groups excluding carboxylic acids is 3. The summed E-state index contributed by atoms with van der Waals surface area (Å²) in [5.74, 6) is -1.85. The second-order valence-corrected chi connectivity index (χ2v) is 4.80. The Balaban J connectivity index is 0.000000346. The van der Waals surface area contributed by atoms with E-state index in [0.29, 0.717) is 5.57 Å². The van der Waals surface area contributed by atoms with E-state index in [0.717, 1.165) is 0 Å². The fraction of sp³-hybridized carbons (Fsp3) is 0.211. The molecule has 0 bridgehead atoms. The van der Waals surface area contributed by atoms with E-state index in [1.54, 1.807) is 6.92 Å². The minimum absolute atomic E-state index is 0.196. The highest BCUT2D eigenvalue weighted by Crippen LogP contribution is 2.05. The molecule has 1 atom stereocenters. The normalized spacial score (nSPS) is 14.7. The molecule has 1 fully saturated rings. The number of esters is 3. The molecule has 0 amide bonds. The van der Waals surface area contributed by atoms with Crippen molar-refractivity contribution in [1.82, 2.24) is 0 Å². The van der Waals surface area contributed by atoms with Gasteiger partial charge in [-0.15, -0.1) is 0 Å². The van der Waals surface area contributed by atoms with Gasteiger partial charge in [-0.25, -0.2) is 9.59 Å². The number of cyclic esters (lactones) is 2. The van der Waals surface area contributed by atoms with Crippen molar-refractivity contribution < 1.29 is 29.0 Å². The van der Waals surface area contributed by atoms with Gasteiger partial charge in [-0.05, 0) is 12.5 Å². The van der Waals surface area contributed by atoms with Crippen molar-refractivity contribution in [2.24, 2.45) is 0 Å². The lowest BCUT2D eigenvalue weighted by Crippen LogP contribution is -2.11.